The van der Waals surface area contributed by atoms with E-state index in [1.54, 1.807) is 0 Å². The third-order valence-corrected chi connectivity index (χ3v) is 5.77. The maximum atomic E-state index is 12.5. The van der Waals surface area contributed by atoms with Crippen LogP contribution in [0.3, 0.4) is 0 Å². The van der Waals surface area contributed by atoms with Gasteiger partial charge in [0.15, 0.2) is 0 Å². The quantitative estimate of drug-likeness (QED) is 0.816. The monoisotopic (exact) mass is 295 g/mol. The van der Waals surface area contributed by atoms with Gasteiger partial charge in [-0.25, -0.2) is 0 Å². The van der Waals surface area contributed by atoms with E-state index in [-0.39, 0.29) is 5.41 Å². The van der Waals surface area contributed by atoms with Crippen molar-refractivity contribution in [1.82, 2.24) is 9.80 Å². The number of piperidine rings is 1. The Morgan fingerprint density at radius 3 is 2.38 bits per heavy atom. The highest BCUT2D eigenvalue weighted by Crippen LogP contribution is 2.43. The van der Waals surface area contributed by atoms with E-state index in [1.165, 1.54) is 6.42 Å². The molecule has 1 aliphatic carbocycles. The van der Waals surface area contributed by atoms with Gasteiger partial charge < -0.3 is 15.5 Å². The van der Waals surface area contributed by atoms with Gasteiger partial charge in [-0.15, -0.1) is 0 Å². The molecule has 0 spiro atoms. The molecule has 2 fully saturated rings. The molecule has 122 valence electrons. The summed E-state index contributed by atoms with van der Waals surface area (Å²) in [6.45, 7) is 8.19. The van der Waals surface area contributed by atoms with Crippen molar-refractivity contribution in [3.63, 3.8) is 0 Å². The zero-order valence-electron chi connectivity index (χ0n) is 14.1. The first kappa shape index (κ1) is 16.8. The molecule has 0 unspecified atom stereocenters. The van der Waals surface area contributed by atoms with Gasteiger partial charge in [0.05, 0.1) is 0 Å². The molecule has 0 radical (unpaired) electrons. The fourth-order valence-corrected chi connectivity index (χ4v) is 3.55. The fraction of sp³-hybridized carbons (Fsp3) is 0.941. The first-order valence-corrected chi connectivity index (χ1v) is 8.64. The summed E-state index contributed by atoms with van der Waals surface area (Å²) in [5, 5.41) is 0. The van der Waals surface area contributed by atoms with Gasteiger partial charge in [-0.2, -0.15) is 0 Å². The number of rotatable bonds is 6. The number of likely N-dealkylation sites (tertiary alicyclic amines) is 1. The molecule has 2 rings (SSSR count). The Morgan fingerprint density at radius 2 is 1.95 bits per heavy atom. The van der Waals surface area contributed by atoms with E-state index in [0.29, 0.717) is 24.9 Å². The third-order valence-electron chi connectivity index (χ3n) is 5.77. The lowest BCUT2D eigenvalue weighted by Crippen LogP contribution is -2.46. The second kappa shape index (κ2) is 7.10. The molecule has 0 atom stereocenters. The van der Waals surface area contributed by atoms with Crippen molar-refractivity contribution < 1.29 is 4.79 Å². The van der Waals surface area contributed by atoms with Crippen LogP contribution in [-0.4, -0.2) is 55.0 Å². The highest BCUT2D eigenvalue weighted by Gasteiger charge is 2.39. The topological polar surface area (TPSA) is 49.6 Å². The van der Waals surface area contributed by atoms with Crippen LogP contribution in [0.15, 0.2) is 0 Å². The van der Waals surface area contributed by atoms with E-state index in [4.69, 9.17) is 5.73 Å². The molecule has 0 aromatic heterocycles. The van der Waals surface area contributed by atoms with Crippen LogP contribution >= 0.6 is 0 Å². The first-order chi connectivity index (χ1) is 9.96. The molecule has 0 aromatic carbocycles. The van der Waals surface area contributed by atoms with Gasteiger partial charge in [-0.05, 0) is 64.5 Å². The zero-order valence-corrected chi connectivity index (χ0v) is 14.1. The minimum Gasteiger partial charge on any atom is -0.343 e. The summed E-state index contributed by atoms with van der Waals surface area (Å²) in [5.41, 5.74) is 6.02. The zero-order chi connectivity index (χ0) is 15.5. The van der Waals surface area contributed by atoms with Crippen molar-refractivity contribution >= 4 is 5.91 Å². The molecule has 4 heteroatoms. The van der Waals surface area contributed by atoms with Crippen molar-refractivity contribution in [3.05, 3.63) is 0 Å². The van der Waals surface area contributed by atoms with Crippen LogP contribution < -0.4 is 5.73 Å². The molecule has 21 heavy (non-hydrogen) atoms. The Bertz CT molecular complexity index is 338. The Kier molecular flexibility index (Phi) is 5.67. The van der Waals surface area contributed by atoms with Gasteiger partial charge >= 0.3 is 0 Å². The van der Waals surface area contributed by atoms with Gasteiger partial charge in [-0.1, -0.05) is 6.42 Å². The van der Waals surface area contributed by atoms with Gasteiger partial charge in [0.25, 0.3) is 0 Å². The Hall–Kier alpha value is -0.610. The molecule has 2 aliphatic rings. The summed E-state index contributed by atoms with van der Waals surface area (Å²) in [6.07, 6.45) is 6.51. The Labute approximate surface area is 130 Å². The predicted octanol–water partition coefficient (Wildman–Crippen LogP) is 2.08. The molecule has 1 amide bonds. The van der Waals surface area contributed by atoms with Crippen molar-refractivity contribution in [2.75, 3.05) is 33.2 Å². The van der Waals surface area contributed by atoms with E-state index >= 15 is 0 Å². The molecular weight excluding hydrogens is 262 g/mol. The largest absolute Gasteiger partial charge is 0.343 e. The van der Waals surface area contributed by atoms with Crippen LogP contribution in [0.4, 0.5) is 0 Å². The highest BCUT2D eigenvalue weighted by atomic mass is 16.2. The summed E-state index contributed by atoms with van der Waals surface area (Å²) in [6, 6.07) is 0.604. The van der Waals surface area contributed by atoms with Crippen molar-refractivity contribution in [2.24, 2.45) is 17.1 Å². The lowest BCUT2D eigenvalue weighted by molar-refractivity contribution is -0.136. The summed E-state index contributed by atoms with van der Waals surface area (Å²) >= 11 is 0. The fourth-order valence-electron chi connectivity index (χ4n) is 3.55. The second-order valence-corrected chi connectivity index (χ2v) is 7.59. The highest BCUT2D eigenvalue weighted by molar-refractivity contribution is 5.77. The van der Waals surface area contributed by atoms with Crippen molar-refractivity contribution in [2.45, 2.75) is 58.4 Å². The van der Waals surface area contributed by atoms with Crippen LogP contribution in [0, 0.1) is 11.3 Å². The van der Waals surface area contributed by atoms with Crippen molar-refractivity contribution in [3.8, 4) is 0 Å². The summed E-state index contributed by atoms with van der Waals surface area (Å²) in [4.78, 5) is 17.0. The normalized spacial score (nSPS) is 22.7. The summed E-state index contributed by atoms with van der Waals surface area (Å²) < 4.78 is 0. The van der Waals surface area contributed by atoms with Crippen LogP contribution in [-0.2, 0) is 4.79 Å². The Morgan fingerprint density at radius 1 is 1.33 bits per heavy atom. The van der Waals surface area contributed by atoms with Crippen LogP contribution in [0.1, 0.15) is 52.4 Å². The van der Waals surface area contributed by atoms with Gasteiger partial charge in [0.1, 0.15) is 0 Å². The van der Waals surface area contributed by atoms with Gasteiger partial charge in [0, 0.05) is 32.1 Å². The minimum atomic E-state index is 0.145. The van der Waals surface area contributed by atoms with E-state index < -0.39 is 0 Å². The third kappa shape index (κ3) is 4.19. The number of hydrogen-bond donors (Lipinski definition) is 1. The second-order valence-electron chi connectivity index (χ2n) is 7.59. The Balaban J connectivity index is 1.74. The lowest BCUT2D eigenvalue weighted by atomic mass is 9.66. The lowest BCUT2D eigenvalue weighted by Gasteiger charge is -2.42. The summed E-state index contributed by atoms with van der Waals surface area (Å²) in [5.74, 6) is 1.09. The van der Waals surface area contributed by atoms with E-state index in [2.05, 4.69) is 30.7 Å². The van der Waals surface area contributed by atoms with Crippen LogP contribution in [0.25, 0.3) is 0 Å². The number of nitrogens with zero attached hydrogens (tertiary/aromatic N) is 2. The van der Waals surface area contributed by atoms with Gasteiger partial charge in [-0.3, -0.25) is 4.79 Å². The molecule has 1 heterocycles. The number of hydrogen-bond acceptors (Lipinski definition) is 3. The van der Waals surface area contributed by atoms with Crippen LogP contribution in [0.5, 0.6) is 0 Å². The summed E-state index contributed by atoms with van der Waals surface area (Å²) in [7, 11) is 2.20. The molecule has 4 nitrogen and oxygen atoms in total. The van der Waals surface area contributed by atoms with E-state index in [9.17, 15) is 4.79 Å². The molecule has 0 aromatic rings. The standard InChI is InChI=1S/C17H33N3O/c1-14(2)19(3)12-15-5-9-20(10-6-15)16(21)11-17(13-18)7-4-8-17/h14-15H,4-13,18H2,1-3H3. The van der Waals surface area contributed by atoms with Crippen LogP contribution in [0.2, 0.25) is 0 Å². The average Bonchev–Trinajstić information content (AvgIpc) is 2.43. The van der Waals surface area contributed by atoms with Gasteiger partial charge in [0.2, 0.25) is 5.91 Å². The smallest absolute Gasteiger partial charge is 0.223 e. The molecule has 0 bridgehead atoms. The maximum absolute atomic E-state index is 12.5. The maximum Gasteiger partial charge on any atom is 0.223 e. The van der Waals surface area contributed by atoms with E-state index in [1.807, 2.05) is 0 Å². The first-order valence-electron chi connectivity index (χ1n) is 8.64. The SMILES string of the molecule is CC(C)N(C)CC1CCN(C(=O)CC2(CN)CCC2)CC1. The predicted molar refractivity (Wildman–Crippen MR) is 87.0 cm³/mol. The molecule has 2 N–H and O–H groups in total. The van der Waals surface area contributed by atoms with Crippen molar-refractivity contribution in [1.29, 1.82) is 0 Å². The van der Waals surface area contributed by atoms with E-state index in [0.717, 1.165) is 51.2 Å². The number of amides is 1. The minimum absolute atomic E-state index is 0.145. The molecule has 1 aliphatic heterocycles. The molecular formula is C17H33N3O. The number of carbonyl (C=O) groups excluding carboxylic acids is 1. The number of nitrogens with two attached hydrogens (primary N) is 1. The molecule has 1 saturated carbocycles. The average molecular weight is 295 g/mol. The number of carbonyl (C=O) groups is 1. The molecule has 1 saturated heterocycles.